The molecule has 10 nitrogen and oxygen atoms in total. The summed E-state index contributed by atoms with van der Waals surface area (Å²) in [5.41, 5.74) is 8.61. The maximum Gasteiger partial charge on any atom is 0.274 e. The van der Waals surface area contributed by atoms with E-state index >= 15 is 0 Å². The number of hydrazone groups is 1. The molecular weight excluding hydrogens is 350 g/mol. The molecule has 3 rings (SSSR count). The van der Waals surface area contributed by atoms with Crippen LogP contribution in [-0.2, 0) is 0 Å². The van der Waals surface area contributed by atoms with Crippen LogP contribution in [0.5, 0.6) is 0 Å². The summed E-state index contributed by atoms with van der Waals surface area (Å²) in [6.45, 7) is 3.22. The van der Waals surface area contributed by atoms with Gasteiger partial charge in [0.1, 0.15) is 17.3 Å². The minimum atomic E-state index is -1.00. The van der Waals surface area contributed by atoms with Crippen molar-refractivity contribution in [2.45, 2.75) is 13.8 Å². The number of amides is 1. The van der Waals surface area contributed by atoms with Crippen molar-refractivity contribution in [2.24, 2.45) is 5.10 Å². The molecule has 2 heterocycles. The Morgan fingerprint density at radius 1 is 1.35 bits per heavy atom. The third-order valence-electron chi connectivity index (χ3n) is 3.38. The summed E-state index contributed by atoms with van der Waals surface area (Å²) in [5, 5.41) is 18.8. The summed E-state index contributed by atoms with van der Waals surface area (Å²) in [6.07, 6.45) is 0. The lowest BCUT2D eigenvalue weighted by Crippen LogP contribution is -2.22. The van der Waals surface area contributed by atoms with E-state index in [1.165, 1.54) is 4.68 Å². The number of aromatic nitrogens is 5. The Balaban J connectivity index is 1.88. The first-order valence-corrected chi connectivity index (χ1v) is 7.19. The number of benzene rings is 1. The highest BCUT2D eigenvalue weighted by molar-refractivity contribution is 6.00. The van der Waals surface area contributed by atoms with Crippen LogP contribution in [0.1, 0.15) is 28.7 Å². The highest BCUT2D eigenvalue weighted by atomic mass is 19.1. The molecule has 2 aromatic heterocycles. The van der Waals surface area contributed by atoms with E-state index in [1.54, 1.807) is 13.8 Å². The molecule has 0 fully saturated rings. The van der Waals surface area contributed by atoms with Crippen molar-refractivity contribution in [3.63, 3.8) is 0 Å². The molecule has 1 amide bonds. The van der Waals surface area contributed by atoms with Gasteiger partial charge in [-0.05, 0) is 36.3 Å². The van der Waals surface area contributed by atoms with Crippen molar-refractivity contribution in [2.75, 3.05) is 5.73 Å². The molecule has 12 heteroatoms. The number of carbonyl (C=O) groups is 1. The summed E-state index contributed by atoms with van der Waals surface area (Å²) in [6, 6.07) is 2.59. The Morgan fingerprint density at radius 3 is 2.77 bits per heavy atom. The number of halogens is 2. The van der Waals surface area contributed by atoms with Crippen LogP contribution < -0.4 is 11.2 Å². The highest BCUT2D eigenvalue weighted by Gasteiger charge is 2.20. The Bertz CT molecular complexity index is 1010. The van der Waals surface area contributed by atoms with Crippen molar-refractivity contribution < 1.29 is 18.2 Å². The summed E-state index contributed by atoms with van der Waals surface area (Å²) < 4.78 is 32.3. The molecule has 0 aliphatic heterocycles. The molecule has 0 atom stereocenters. The zero-order valence-electron chi connectivity index (χ0n) is 13.6. The number of aryl methyl sites for hydroxylation is 1. The van der Waals surface area contributed by atoms with Crippen molar-refractivity contribution in [1.82, 2.24) is 30.7 Å². The summed E-state index contributed by atoms with van der Waals surface area (Å²) in [5.74, 6) is -2.55. The Morgan fingerprint density at radius 2 is 2.12 bits per heavy atom. The molecule has 0 radical (unpaired) electrons. The molecule has 0 spiro atoms. The van der Waals surface area contributed by atoms with Crippen LogP contribution in [0.15, 0.2) is 27.9 Å². The van der Waals surface area contributed by atoms with Gasteiger partial charge in [-0.3, -0.25) is 4.79 Å². The van der Waals surface area contributed by atoms with Crippen LogP contribution >= 0.6 is 0 Å². The van der Waals surface area contributed by atoms with Crippen molar-refractivity contribution in [1.29, 1.82) is 0 Å². The van der Waals surface area contributed by atoms with Gasteiger partial charge in [-0.15, -0.1) is 5.10 Å². The predicted octanol–water partition coefficient (Wildman–Crippen LogP) is 0.973. The van der Waals surface area contributed by atoms with Crippen molar-refractivity contribution in [3.8, 4) is 5.82 Å². The van der Waals surface area contributed by atoms with Gasteiger partial charge in [0.15, 0.2) is 0 Å². The van der Waals surface area contributed by atoms with Crippen LogP contribution in [0.3, 0.4) is 0 Å². The molecule has 3 N–H and O–H groups in total. The summed E-state index contributed by atoms with van der Waals surface area (Å²) in [7, 11) is 0. The van der Waals surface area contributed by atoms with Gasteiger partial charge in [0.25, 0.3) is 5.91 Å². The zero-order chi connectivity index (χ0) is 18.8. The normalized spacial score (nSPS) is 11.6. The number of hydrogen-bond donors (Lipinski definition) is 2. The van der Waals surface area contributed by atoms with E-state index < -0.39 is 17.5 Å². The van der Waals surface area contributed by atoms with E-state index in [2.05, 4.69) is 35.8 Å². The summed E-state index contributed by atoms with van der Waals surface area (Å²) in [4.78, 5) is 12.0. The average molecular weight is 362 g/mol. The number of nitrogens with two attached hydrogens (primary N) is 1. The van der Waals surface area contributed by atoms with E-state index in [1.807, 2.05) is 0 Å². The maximum atomic E-state index is 13.6. The van der Waals surface area contributed by atoms with Crippen LogP contribution in [0.2, 0.25) is 0 Å². The summed E-state index contributed by atoms with van der Waals surface area (Å²) >= 11 is 0. The van der Waals surface area contributed by atoms with Crippen molar-refractivity contribution >= 4 is 17.4 Å². The number of hydrogen-bond acceptors (Lipinski definition) is 8. The minimum absolute atomic E-state index is 0.0126. The molecule has 1 aromatic carbocycles. The lowest BCUT2D eigenvalue weighted by molar-refractivity contribution is 0.0950. The second kappa shape index (κ2) is 6.66. The van der Waals surface area contributed by atoms with Gasteiger partial charge < -0.3 is 5.73 Å². The monoisotopic (exact) mass is 362 g/mol. The van der Waals surface area contributed by atoms with Gasteiger partial charge >= 0.3 is 0 Å². The number of nitrogens with zero attached hydrogens (tertiary/aromatic N) is 6. The molecule has 26 heavy (non-hydrogen) atoms. The molecule has 0 aliphatic rings. The second-order valence-corrected chi connectivity index (χ2v) is 5.17. The quantitative estimate of drug-likeness (QED) is 0.521. The number of anilines is 1. The van der Waals surface area contributed by atoms with E-state index in [0.717, 1.165) is 12.1 Å². The first-order valence-electron chi connectivity index (χ1n) is 7.19. The van der Waals surface area contributed by atoms with Crippen LogP contribution in [0.25, 0.3) is 5.82 Å². The SMILES string of the molecule is C/C(=N/NC(=O)c1ccc(F)cc1F)c1c(C)nnn1-c1nonc1N. The van der Waals surface area contributed by atoms with Gasteiger partial charge in [0, 0.05) is 6.07 Å². The van der Waals surface area contributed by atoms with E-state index in [4.69, 9.17) is 5.73 Å². The average Bonchev–Trinajstić information content (AvgIpc) is 3.17. The van der Waals surface area contributed by atoms with E-state index in [-0.39, 0.29) is 22.9 Å². The standard InChI is InChI=1S/C14H12F2N8O2/c1-6(18-20-14(25)9-4-3-8(15)5-10(9)16)11-7(2)19-23-24(11)13-12(17)21-26-22-13/h3-5H,1-2H3,(H2,17,21)(H,20,25)/b18-6-. The fraction of sp³-hybridized carbons (Fsp3) is 0.143. The molecule has 0 unspecified atom stereocenters. The molecular formula is C14H12F2N8O2. The van der Waals surface area contributed by atoms with Gasteiger partial charge in [0.2, 0.25) is 11.6 Å². The van der Waals surface area contributed by atoms with E-state index in [9.17, 15) is 13.6 Å². The lowest BCUT2D eigenvalue weighted by Gasteiger charge is -2.05. The first-order chi connectivity index (χ1) is 12.4. The van der Waals surface area contributed by atoms with Gasteiger partial charge in [-0.2, -0.15) is 9.78 Å². The zero-order valence-corrected chi connectivity index (χ0v) is 13.6. The topological polar surface area (TPSA) is 137 Å². The first kappa shape index (κ1) is 17.1. The Labute approximate surface area is 144 Å². The molecule has 3 aromatic rings. The fourth-order valence-corrected chi connectivity index (χ4v) is 2.18. The van der Waals surface area contributed by atoms with Crippen molar-refractivity contribution in [3.05, 3.63) is 46.8 Å². The maximum absolute atomic E-state index is 13.6. The highest BCUT2D eigenvalue weighted by Crippen LogP contribution is 2.16. The third kappa shape index (κ3) is 3.11. The molecule has 0 aliphatic carbocycles. The largest absolute Gasteiger partial charge is 0.378 e. The number of nitrogen functional groups attached to an aromatic ring is 1. The van der Waals surface area contributed by atoms with Gasteiger partial charge in [-0.1, -0.05) is 5.21 Å². The van der Waals surface area contributed by atoms with E-state index in [0.29, 0.717) is 17.5 Å². The predicted molar refractivity (Wildman–Crippen MR) is 84.4 cm³/mol. The minimum Gasteiger partial charge on any atom is -0.378 e. The van der Waals surface area contributed by atoms with Crippen LogP contribution in [-0.4, -0.2) is 36.9 Å². The molecule has 0 saturated carbocycles. The number of carbonyl (C=O) groups excluding carboxylic acids is 1. The lowest BCUT2D eigenvalue weighted by atomic mass is 10.2. The molecule has 0 saturated heterocycles. The smallest absolute Gasteiger partial charge is 0.274 e. The number of nitrogens with one attached hydrogen (secondary N) is 1. The van der Waals surface area contributed by atoms with Gasteiger partial charge in [-0.25, -0.2) is 18.8 Å². The number of rotatable bonds is 4. The van der Waals surface area contributed by atoms with Crippen LogP contribution in [0.4, 0.5) is 14.6 Å². The van der Waals surface area contributed by atoms with Crippen LogP contribution in [0, 0.1) is 18.6 Å². The fourth-order valence-electron chi connectivity index (χ4n) is 2.18. The third-order valence-corrected chi connectivity index (χ3v) is 3.38. The second-order valence-electron chi connectivity index (χ2n) is 5.17. The molecule has 0 bridgehead atoms. The Kier molecular flexibility index (Phi) is 4.39. The van der Waals surface area contributed by atoms with Gasteiger partial charge in [0.05, 0.1) is 17.0 Å². The Hall–Kier alpha value is -3.70. The molecule has 134 valence electrons.